The van der Waals surface area contributed by atoms with E-state index in [-0.39, 0.29) is 12.5 Å². The molecule has 6 rings (SSSR count). The standard InChI is InChI=1S/C29H23ClN4O6S/c1-36-20-9-17(8-18(30)10-20)27(35)31-19-6-4-5-16(7-19)15-39-24-11-21(37-2)12-25-22(24)13-26(40-25)23-14-34-28(32-23)41-29(33-34)38-3/h4-14H,15H2,1-3H3,(H,31,35). The van der Waals surface area contributed by atoms with E-state index in [0.29, 0.717) is 60.7 Å². The van der Waals surface area contributed by atoms with Gasteiger partial charge in [-0.15, -0.1) is 5.10 Å². The molecule has 0 fully saturated rings. The third-order valence-electron chi connectivity index (χ3n) is 6.21. The van der Waals surface area contributed by atoms with Crippen LogP contribution in [-0.4, -0.2) is 41.8 Å². The maximum absolute atomic E-state index is 12.8. The van der Waals surface area contributed by atoms with Gasteiger partial charge in [0.15, 0.2) is 5.76 Å². The molecule has 6 aromatic rings. The number of fused-ring (bicyclic) bond motifs is 2. The monoisotopic (exact) mass is 590 g/mol. The van der Waals surface area contributed by atoms with Crippen LogP contribution in [-0.2, 0) is 6.61 Å². The van der Waals surface area contributed by atoms with Crippen LogP contribution < -0.4 is 24.3 Å². The normalized spacial score (nSPS) is 11.1. The summed E-state index contributed by atoms with van der Waals surface area (Å²) in [6, 6.07) is 17.7. The number of furan rings is 1. The number of hydrogen-bond donors (Lipinski definition) is 1. The molecule has 208 valence electrons. The van der Waals surface area contributed by atoms with Crippen molar-refractivity contribution in [2.24, 2.45) is 0 Å². The van der Waals surface area contributed by atoms with E-state index < -0.39 is 0 Å². The van der Waals surface area contributed by atoms with Gasteiger partial charge in [-0.1, -0.05) is 23.7 Å². The van der Waals surface area contributed by atoms with Crippen LogP contribution in [0.2, 0.25) is 5.02 Å². The minimum atomic E-state index is -0.308. The zero-order valence-corrected chi connectivity index (χ0v) is 23.7. The third-order valence-corrected chi connectivity index (χ3v) is 7.31. The smallest absolute Gasteiger partial charge is 0.294 e. The van der Waals surface area contributed by atoms with E-state index in [0.717, 1.165) is 10.9 Å². The summed E-state index contributed by atoms with van der Waals surface area (Å²) < 4.78 is 29.9. The number of methoxy groups -OCH3 is 3. The van der Waals surface area contributed by atoms with Crippen LogP contribution in [0.3, 0.4) is 0 Å². The first-order valence-corrected chi connectivity index (χ1v) is 13.5. The van der Waals surface area contributed by atoms with Crippen molar-refractivity contribution in [3.8, 4) is 33.9 Å². The van der Waals surface area contributed by atoms with Crippen molar-refractivity contribution in [3.63, 3.8) is 0 Å². The Balaban J connectivity index is 1.22. The van der Waals surface area contributed by atoms with Gasteiger partial charge in [0.05, 0.1) is 32.9 Å². The molecule has 0 saturated heterocycles. The number of hydrogen-bond acceptors (Lipinski definition) is 9. The van der Waals surface area contributed by atoms with E-state index in [2.05, 4.69) is 15.4 Å². The summed E-state index contributed by atoms with van der Waals surface area (Å²) in [5.74, 6) is 1.93. The zero-order chi connectivity index (χ0) is 28.5. The van der Waals surface area contributed by atoms with Gasteiger partial charge in [-0.25, -0.2) is 9.50 Å². The van der Waals surface area contributed by atoms with Crippen LogP contribution in [0.25, 0.3) is 27.4 Å². The predicted octanol–water partition coefficient (Wildman–Crippen LogP) is 6.71. The lowest BCUT2D eigenvalue weighted by Gasteiger charge is -2.11. The molecular formula is C29H23ClN4O6S. The molecule has 0 atom stereocenters. The number of imidazole rings is 1. The Morgan fingerprint density at radius 2 is 1.85 bits per heavy atom. The second-order valence-electron chi connectivity index (χ2n) is 8.90. The number of carbonyl (C=O) groups excluding carboxylic acids is 1. The number of amides is 1. The minimum Gasteiger partial charge on any atom is -0.497 e. The largest absolute Gasteiger partial charge is 0.497 e. The van der Waals surface area contributed by atoms with Gasteiger partial charge in [0.1, 0.15) is 35.1 Å². The van der Waals surface area contributed by atoms with Crippen molar-refractivity contribution in [3.05, 3.63) is 83.0 Å². The fourth-order valence-electron chi connectivity index (χ4n) is 4.24. The number of aromatic nitrogens is 3. The average Bonchev–Trinajstić information content (AvgIpc) is 3.68. The molecule has 0 aliphatic rings. The van der Waals surface area contributed by atoms with Gasteiger partial charge in [-0.2, -0.15) is 0 Å². The molecule has 0 aliphatic carbocycles. The molecule has 0 saturated carbocycles. The van der Waals surface area contributed by atoms with E-state index in [1.54, 1.807) is 61.3 Å². The van der Waals surface area contributed by atoms with E-state index in [9.17, 15) is 4.79 Å². The molecule has 3 heterocycles. The van der Waals surface area contributed by atoms with Crippen LogP contribution in [0, 0.1) is 0 Å². The molecule has 0 aliphatic heterocycles. The molecule has 3 aromatic heterocycles. The van der Waals surface area contributed by atoms with Crippen LogP contribution in [0.1, 0.15) is 15.9 Å². The second-order valence-corrected chi connectivity index (χ2v) is 10.3. The quantitative estimate of drug-likeness (QED) is 0.198. The number of benzene rings is 3. The number of halogens is 1. The van der Waals surface area contributed by atoms with Crippen molar-refractivity contribution in [2.75, 3.05) is 26.6 Å². The first kappa shape index (κ1) is 26.5. The first-order valence-electron chi connectivity index (χ1n) is 12.3. The van der Waals surface area contributed by atoms with Crippen molar-refractivity contribution in [1.82, 2.24) is 14.6 Å². The Morgan fingerprint density at radius 1 is 1.02 bits per heavy atom. The van der Waals surface area contributed by atoms with Gasteiger partial charge in [0.2, 0.25) is 4.96 Å². The molecule has 0 spiro atoms. The molecule has 1 amide bonds. The SMILES string of the molecule is COc1cc(Cl)cc(C(=O)Nc2cccc(COc3cc(OC)cc4oc(-c5cn6nc(OC)sc6n5)cc34)c2)c1. The molecule has 0 unspecified atom stereocenters. The Hall–Kier alpha value is -4.74. The van der Waals surface area contributed by atoms with Crippen molar-refractivity contribution in [2.45, 2.75) is 6.61 Å². The van der Waals surface area contributed by atoms with Crippen LogP contribution in [0.5, 0.6) is 22.4 Å². The van der Waals surface area contributed by atoms with Crippen LogP contribution >= 0.6 is 22.9 Å². The van der Waals surface area contributed by atoms with Gasteiger partial charge in [-0.3, -0.25) is 4.79 Å². The molecular weight excluding hydrogens is 568 g/mol. The molecule has 3 aromatic carbocycles. The summed E-state index contributed by atoms with van der Waals surface area (Å²) in [6.07, 6.45) is 1.78. The van der Waals surface area contributed by atoms with Crippen molar-refractivity contribution >= 4 is 50.5 Å². The zero-order valence-electron chi connectivity index (χ0n) is 22.1. The number of ether oxygens (including phenoxy) is 4. The Morgan fingerprint density at radius 3 is 2.63 bits per heavy atom. The molecule has 1 N–H and O–H groups in total. The third kappa shape index (κ3) is 5.49. The fraction of sp³-hybridized carbons (Fsp3) is 0.138. The highest BCUT2D eigenvalue weighted by Gasteiger charge is 2.17. The Bertz CT molecular complexity index is 1860. The lowest BCUT2D eigenvalue weighted by Crippen LogP contribution is -2.12. The second kappa shape index (κ2) is 11.0. The summed E-state index contributed by atoms with van der Waals surface area (Å²) in [6.45, 7) is 0.238. The van der Waals surface area contributed by atoms with E-state index in [1.807, 2.05) is 24.3 Å². The van der Waals surface area contributed by atoms with Crippen LogP contribution in [0.4, 0.5) is 5.69 Å². The van der Waals surface area contributed by atoms with Gasteiger partial charge < -0.3 is 28.7 Å². The highest BCUT2D eigenvalue weighted by atomic mass is 35.5. The summed E-state index contributed by atoms with van der Waals surface area (Å²) >= 11 is 7.46. The van der Waals surface area contributed by atoms with Gasteiger partial charge in [-0.05, 0) is 53.3 Å². The number of nitrogens with zero attached hydrogens (tertiary/aromatic N) is 3. The summed E-state index contributed by atoms with van der Waals surface area (Å²) in [7, 11) is 4.67. The number of carbonyl (C=O) groups is 1. The topological polar surface area (TPSA) is 109 Å². The van der Waals surface area contributed by atoms with Gasteiger partial charge in [0.25, 0.3) is 11.1 Å². The van der Waals surface area contributed by atoms with E-state index >= 15 is 0 Å². The fourth-order valence-corrected chi connectivity index (χ4v) is 5.17. The highest BCUT2D eigenvalue weighted by molar-refractivity contribution is 7.18. The first-order chi connectivity index (χ1) is 19.9. The van der Waals surface area contributed by atoms with Gasteiger partial charge >= 0.3 is 0 Å². The van der Waals surface area contributed by atoms with E-state index in [4.69, 9.17) is 35.0 Å². The predicted molar refractivity (Wildman–Crippen MR) is 156 cm³/mol. The van der Waals surface area contributed by atoms with Gasteiger partial charge in [0, 0.05) is 28.4 Å². The molecule has 41 heavy (non-hydrogen) atoms. The summed E-state index contributed by atoms with van der Waals surface area (Å²) in [5.41, 5.74) is 3.07. The van der Waals surface area contributed by atoms with Crippen LogP contribution in [0.15, 0.2) is 71.3 Å². The van der Waals surface area contributed by atoms with E-state index in [1.165, 1.54) is 18.4 Å². The number of nitrogens with one attached hydrogen (secondary N) is 1. The number of anilines is 1. The molecule has 12 heteroatoms. The summed E-state index contributed by atoms with van der Waals surface area (Å²) in [5, 5.41) is 8.92. The maximum atomic E-state index is 12.8. The number of rotatable bonds is 9. The lowest BCUT2D eigenvalue weighted by atomic mass is 10.1. The average molecular weight is 591 g/mol. The molecule has 0 radical (unpaired) electrons. The molecule has 10 nitrogen and oxygen atoms in total. The lowest BCUT2D eigenvalue weighted by molar-refractivity contribution is 0.102. The highest BCUT2D eigenvalue weighted by Crippen LogP contribution is 2.37. The molecule has 0 bridgehead atoms. The van der Waals surface area contributed by atoms with Crippen molar-refractivity contribution < 1.29 is 28.2 Å². The minimum absolute atomic E-state index is 0.238. The Labute approximate surface area is 243 Å². The Kier molecular flexibility index (Phi) is 7.12. The summed E-state index contributed by atoms with van der Waals surface area (Å²) in [4.78, 5) is 18.1. The maximum Gasteiger partial charge on any atom is 0.294 e. The van der Waals surface area contributed by atoms with Crippen molar-refractivity contribution in [1.29, 1.82) is 0 Å².